The van der Waals surface area contributed by atoms with Gasteiger partial charge >= 0.3 is 0 Å². The van der Waals surface area contributed by atoms with Gasteiger partial charge in [0.2, 0.25) is 0 Å². The molecule has 21 heavy (non-hydrogen) atoms. The van der Waals surface area contributed by atoms with Crippen LogP contribution in [0.2, 0.25) is 0 Å². The zero-order valence-corrected chi connectivity index (χ0v) is 12.8. The first-order valence-corrected chi connectivity index (χ1v) is 8.87. The van der Waals surface area contributed by atoms with Crippen LogP contribution in [0, 0.1) is 23.7 Å². The van der Waals surface area contributed by atoms with E-state index in [2.05, 4.69) is 5.32 Å². The van der Waals surface area contributed by atoms with E-state index >= 15 is 0 Å². The van der Waals surface area contributed by atoms with E-state index < -0.39 is 5.76 Å². The second kappa shape index (κ2) is 5.45. The Kier molecular flexibility index (Phi) is 3.60. The zero-order chi connectivity index (χ0) is 14.4. The molecule has 0 amide bonds. The van der Waals surface area contributed by atoms with Gasteiger partial charge in [0.05, 0.1) is 0 Å². The molecule has 0 spiro atoms. The molecule has 0 aromatic heterocycles. The summed E-state index contributed by atoms with van der Waals surface area (Å²) in [5.41, 5.74) is 0.903. The van der Waals surface area contributed by atoms with Gasteiger partial charge in [0, 0.05) is 16.6 Å². The third-order valence-corrected chi connectivity index (χ3v) is 6.44. The molecule has 4 aliphatic rings. The number of nitrogens with one attached hydrogen (secondary N) is 1. The predicted octanol–water partition coefficient (Wildman–Crippen LogP) is 5.24. The van der Waals surface area contributed by atoms with E-state index in [4.69, 9.17) is 0 Å². The van der Waals surface area contributed by atoms with Crippen molar-refractivity contribution in [1.82, 2.24) is 0 Å². The molecule has 4 heteroatoms. The fraction of sp³-hybridized carbons (Fsp3) is 0.647. The van der Waals surface area contributed by atoms with Gasteiger partial charge in [-0.25, -0.2) is 0 Å². The van der Waals surface area contributed by atoms with Crippen LogP contribution in [0.5, 0.6) is 0 Å². The lowest BCUT2D eigenvalue weighted by molar-refractivity contribution is 0.00746. The molecule has 5 rings (SSSR count). The van der Waals surface area contributed by atoms with E-state index in [1.807, 2.05) is 18.2 Å². The molecule has 4 bridgehead atoms. The van der Waals surface area contributed by atoms with Crippen molar-refractivity contribution in [2.24, 2.45) is 23.7 Å². The Morgan fingerprint density at radius 2 is 1.57 bits per heavy atom. The van der Waals surface area contributed by atoms with Gasteiger partial charge in [-0.1, -0.05) is 23.9 Å². The van der Waals surface area contributed by atoms with Crippen LogP contribution in [0.15, 0.2) is 29.2 Å². The van der Waals surface area contributed by atoms with Crippen molar-refractivity contribution in [2.45, 2.75) is 48.8 Å². The van der Waals surface area contributed by atoms with Gasteiger partial charge < -0.3 is 5.32 Å². The largest absolute Gasteiger partial charge is 0.381 e. The Bertz CT molecular complexity index is 491. The van der Waals surface area contributed by atoms with Crippen molar-refractivity contribution >= 4 is 17.4 Å². The highest BCUT2D eigenvalue weighted by molar-refractivity contribution is 7.99. The summed E-state index contributed by atoms with van der Waals surface area (Å²) in [6.45, 7) is 0. The van der Waals surface area contributed by atoms with E-state index in [0.717, 1.165) is 29.4 Å². The Labute approximate surface area is 128 Å². The first-order chi connectivity index (χ1) is 10.2. The number of halogens is 2. The third-order valence-electron chi connectivity index (χ3n) is 5.65. The molecule has 4 fully saturated rings. The minimum Gasteiger partial charge on any atom is -0.381 e. The molecular formula is C17H21F2NS. The van der Waals surface area contributed by atoms with Crippen molar-refractivity contribution in [3.63, 3.8) is 0 Å². The minimum atomic E-state index is -2.36. The van der Waals surface area contributed by atoms with Crippen molar-refractivity contribution in [1.29, 1.82) is 0 Å². The summed E-state index contributed by atoms with van der Waals surface area (Å²) in [6.07, 6.45) is 6.81. The quantitative estimate of drug-likeness (QED) is 0.764. The van der Waals surface area contributed by atoms with Gasteiger partial charge in [-0.15, -0.1) is 0 Å². The van der Waals surface area contributed by atoms with Crippen molar-refractivity contribution in [2.75, 3.05) is 5.32 Å². The van der Waals surface area contributed by atoms with Gasteiger partial charge in [0.1, 0.15) is 0 Å². The lowest BCUT2D eigenvalue weighted by Crippen LogP contribution is -2.51. The zero-order valence-electron chi connectivity index (χ0n) is 12.0. The van der Waals surface area contributed by atoms with Gasteiger partial charge in [0.15, 0.2) is 0 Å². The molecule has 114 valence electrons. The number of rotatable bonds is 4. The first kappa shape index (κ1) is 13.9. The second-order valence-electron chi connectivity index (χ2n) is 6.98. The molecule has 0 atom stereocenters. The van der Waals surface area contributed by atoms with Crippen LogP contribution in [-0.2, 0) is 0 Å². The van der Waals surface area contributed by atoms with Gasteiger partial charge in [0.25, 0.3) is 5.76 Å². The number of hydrogen-bond donors (Lipinski definition) is 1. The number of benzene rings is 1. The van der Waals surface area contributed by atoms with Crippen LogP contribution in [0.1, 0.15) is 32.1 Å². The van der Waals surface area contributed by atoms with Crippen molar-refractivity contribution in [3.8, 4) is 0 Å². The molecule has 0 aliphatic heterocycles. The molecule has 1 aromatic rings. The summed E-state index contributed by atoms with van der Waals surface area (Å²) < 4.78 is 25.4. The topological polar surface area (TPSA) is 12.0 Å². The average Bonchev–Trinajstić information content (AvgIpc) is 2.43. The van der Waals surface area contributed by atoms with Crippen LogP contribution in [0.4, 0.5) is 14.5 Å². The molecule has 1 nitrogen and oxygen atoms in total. The fourth-order valence-electron chi connectivity index (χ4n) is 5.13. The van der Waals surface area contributed by atoms with Crippen molar-refractivity contribution < 1.29 is 8.78 Å². The van der Waals surface area contributed by atoms with E-state index in [9.17, 15) is 8.78 Å². The summed E-state index contributed by atoms with van der Waals surface area (Å²) in [5, 5.41) is 3.64. The van der Waals surface area contributed by atoms with Gasteiger partial charge in [-0.05, 0) is 67.9 Å². The highest BCUT2D eigenvalue weighted by atomic mass is 32.2. The number of para-hydroxylation sites is 1. The van der Waals surface area contributed by atoms with Crippen LogP contribution in [0.25, 0.3) is 0 Å². The molecule has 1 aromatic carbocycles. The summed E-state index contributed by atoms with van der Waals surface area (Å²) in [5.74, 6) is 1.04. The molecule has 4 aliphatic carbocycles. The number of alkyl halides is 2. The third kappa shape index (κ3) is 2.67. The minimum absolute atomic E-state index is 0.497. The maximum absolute atomic E-state index is 12.7. The summed E-state index contributed by atoms with van der Waals surface area (Å²) in [7, 11) is 0. The number of hydrogen-bond acceptors (Lipinski definition) is 2. The van der Waals surface area contributed by atoms with E-state index in [1.54, 1.807) is 6.07 Å². The summed E-state index contributed by atoms with van der Waals surface area (Å²) in [4.78, 5) is 0.682. The van der Waals surface area contributed by atoms with E-state index in [0.29, 0.717) is 22.7 Å². The monoisotopic (exact) mass is 309 g/mol. The van der Waals surface area contributed by atoms with Crippen LogP contribution in [-0.4, -0.2) is 11.8 Å². The Hall–Kier alpha value is -0.770. The molecule has 0 saturated heterocycles. The lowest BCUT2D eigenvalue weighted by Gasteiger charge is -2.54. The second-order valence-corrected chi connectivity index (χ2v) is 8.01. The highest BCUT2D eigenvalue weighted by Crippen LogP contribution is 2.54. The number of thioether (sulfide) groups is 1. The molecule has 0 unspecified atom stereocenters. The number of anilines is 1. The predicted molar refractivity (Wildman–Crippen MR) is 82.8 cm³/mol. The molecular weight excluding hydrogens is 288 g/mol. The maximum atomic E-state index is 12.7. The molecule has 0 radical (unpaired) electrons. The summed E-state index contributed by atoms with van der Waals surface area (Å²) in [6, 6.07) is 8.03. The Balaban J connectivity index is 1.54. The Morgan fingerprint density at radius 1 is 0.952 bits per heavy atom. The lowest BCUT2D eigenvalue weighted by atomic mass is 9.54. The van der Waals surface area contributed by atoms with Gasteiger partial charge in [-0.2, -0.15) is 8.78 Å². The maximum Gasteiger partial charge on any atom is 0.288 e. The van der Waals surface area contributed by atoms with Crippen LogP contribution in [0.3, 0.4) is 0 Å². The molecule has 1 N–H and O–H groups in total. The van der Waals surface area contributed by atoms with Crippen molar-refractivity contribution in [3.05, 3.63) is 24.3 Å². The standard InChI is InChI=1S/C17H21F2NS/c18-17(19)21-15-4-2-1-3-14(15)20-16-12-6-10-5-11(8-12)9-13(16)7-10/h1-4,10-13,16-17,20H,5-9H2. The first-order valence-electron chi connectivity index (χ1n) is 7.99. The summed E-state index contributed by atoms with van der Waals surface area (Å²) >= 11 is 0.655. The molecule has 4 saturated carbocycles. The smallest absolute Gasteiger partial charge is 0.288 e. The SMILES string of the molecule is FC(F)Sc1ccccc1NC1C2CC3CC(C2)CC1C3. The molecule has 0 heterocycles. The normalized spacial score (nSPS) is 37.2. The average molecular weight is 309 g/mol. The van der Waals surface area contributed by atoms with E-state index in [-0.39, 0.29) is 0 Å². The van der Waals surface area contributed by atoms with Crippen LogP contribution >= 0.6 is 11.8 Å². The van der Waals surface area contributed by atoms with Gasteiger partial charge in [-0.3, -0.25) is 0 Å². The Morgan fingerprint density at radius 3 is 2.19 bits per heavy atom. The fourth-order valence-corrected chi connectivity index (χ4v) is 5.73. The van der Waals surface area contributed by atoms with Crippen LogP contribution < -0.4 is 5.32 Å². The van der Waals surface area contributed by atoms with E-state index in [1.165, 1.54) is 32.1 Å². The highest BCUT2D eigenvalue weighted by Gasteiger charge is 2.48.